The number of carboxylic acids is 1. The van der Waals surface area contributed by atoms with Gasteiger partial charge in [0, 0.05) is 18.8 Å². The maximum absolute atomic E-state index is 11.1. The molecule has 2 heterocycles. The Morgan fingerprint density at radius 3 is 3.05 bits per heavy atom. The molecule has 0 spiro atoms. The van der Waals surface area contributed by atoms with Crippen molar-refractivity contribution in [3.05, 3.63) is 24.4 Å². The first kappa shape index (κ1) is 12.7. The standard InChI is InChI=1S/C14H16N4O2/c15-10-3-4-11-12(6-10)16-7-13(17-11)18-5-1-2-9(8-18)14(19)20/h3-4,6-7,9H,1-2,5,8,15H2,(H,19,20)/t9-/m1/s1. The summed E-state index contributed by atoms with van der Waals surface area (Å²) in [6.07, 6.45) is 3.27. The van der Waals surface area contributed by atoms with Crippen molar-refractivity contribution in [2.45, 2.75) is 12.8 Å². The molecule has 0 amide bonds. The predicted molar refractivity (Wildman–Crippen MR) is 76.5 cm³/mol. The molecular formula is C14H16N4O2. The van der Waals surface area contributed by atoms with E-state index in [4.69, 9.17) is 10.8 Å². The molecule has 104 valence electrons. The normalized spacial score (nSPS) is 19.2. The first-order chi connectivity index (χ1) is 9.63. The van der Waals surface area contributed by atoms with Crippen molar-refractivity contribution in [2.24, 2.45) is 5.92 Å². The molecule has 1 aliphatic rings. The smallest absolute Gasteiger partial charge is 0.308 e. The van der Waals surface area contributed by atoms with Crippen molar-refractivity contribution in [3.8, 4) is 0 Å². The van der Waals surface area contributed by atoms with Crippen LogP contribution in [0.3, 0.4) is 0 Å². The molecule has 1 fully saturated rings. The van der Waals surface area contributed by atoms with E-state index in [9.17, 15) is 4.79 Å². The molecule has 3 N–H and O–H groups in total. The highest BCUT2D eigenvalue weighted by Crippen LogP contribution is 2.23. The van der Waals surface area contributed by atoms with Crippen LogP contribution in [0.1, 0.15) is 12.8 Å². The third kappa shape index (κ3) is 2.36. The lowest BCUT2D eigenvalue weighted by Crippen LogP contribution is -2.39. The van der Waals surface area contributed by atoms with Gasteiger partial charge in [0.1, 0.15) is 5.82 Å². The van der Waals surface area contributed by atoms with E-state index in [0.29, 0.717) is 12.2 Å². The van der Waals surface area contributed by atoms with E-state index < -0.39 is 5.97 Å². The zero-order chi connectivity index (χ0) is 14.1. The summed E-state index contributed by atoms with van der Waals surface area (Å²) in [5.41, 5.74) is 7.89. The molecule has 2 aromatic rings. The lowest BCUT2D eigenvalue weighted by atomic mass is 9.98. The van der Waals surface area contributed by atoms with E-state index in [2.05, 4.69) is 9.97 Å². The molecule has 0 aliphatic carbocycles. The average molecular weight is 272 g/mol. The highest BCUT2D eigenvalue weighted by atomic mass is 16.4. The second kappa shape index (κ2) is 4.96. The minimum Gasteiger partial charge on any atom is -0.481 e. The molecule has 6 heteroatoms. The van der Waals surface area contributed by atoms with Gasteiger partial charge in [0.2, 0.25) is 0 Å². The molecule has 1 saturated heterocycles. The van der Waals surface area contributed by atoms with Gasteiger partial charge in [-0.3, -0.25) is 9.78 Å². The van der Waals surface area contributed by atoms with Gasteiger partial charge in [0.25, 0.3) is 0 Å². The van der Waals surface area contributed by atoms with Crippen molar-refractivity contribution < 1.29 is 9.90 Å². The topological polar surface area (TPSA) is 92.3 Å². The van der Waals surface area contributed by atoms with Gasteiger partial charge in [0.05, 0.1) is 23.1 Å². The van der Waals surface area contributed by atoms with Crippen LogP contribution in [0.25, 0.3) is 11.0 Å². The van der Waals surface area contributed by atoms with E-state index in [0.717, 1.165) is 36.2 Å². The Morgan fingerprint density at radius 1 is 1.40 bits per heavy atom. The average Bonchev–Trinajstić information content (AvgIpc) is 2.47. The number of fused-ring (bicyclic) bond motifs is 1. The fourth-order valence-corrected chi connectivity index (χ4v) is 2.56. The summed E-state index contributed by atoms with van der Waals surface area (Å²) in [5, 5.41) is 9.13. The molecule has 6 nitrogen and oxygen atoms in total. The predicted octanol–water partition coefficient (Wildman–Crippen LogP) is 1.51. The van der Waals surface area contributed by atoms with Crippen molar-refractivity contribution >= 4 is 28.5 Å². The monoisotopic (exact) mass is 272 g/mol. The summed E-state index contributed by atoms with van der Waals surface area (Å²) < 4.78 is 0. The summed E-state index contributed by atoms with van der Waals surface area (Å²) in [4.78, 5) is 22.0. The van der Waals surface area contributed by atoms with Gasteiger partial charge in [-0.05, 0) is 31.0 Å². The summed E-state index contributed by atoms with van der Waals surface area (Å²) in [6.45, 7) is 1.31. The number of carbonyl (C=O) groups is 1. The number of nitrogens with two attached hydrogens (primary N) is 1. The fraction of sp³-hybridized carbons (Fsp3) is 0.357. The van der Waals surface area contributed by atoms with Crippen molar-refractivity contribution in [2.75, 3.05) is 23.7 Å². The van der Waals surface area contributed by atoms with Crippen LogP contribution in [0, 0.1) is 5.92 Å². The highest BCUT2D eigenvalue weighted by Gasteiger charge is 2.26. The molecule has 0 bridgehead atoms. The molecule has 0 radical (unpaired) electrons. The molecule has 1 aromatic carbocycles. The molecule has 1 atom stereocenters. The second-order valence-corrected chi connectivity index (χ2v) is 5.10. The number of anilines is 2. The van der Waals surface area contributed by atoms with Crippen molar-refractivity contribution in [1.82, 2.24) is 9.97 Å². The Labute approximate surface area is 116 Å². The maximum Gasteiger partial charge on any atom is 0.308 e. The largest absolute Gasteiger partial charge is 0.481 e. The highest BCUT2D eigenvalue weighted by molar-refractivity contribution is 5.79. The van der Waals surface area contributed by atoms with E-state index in [1.54, 1.807) is 18.3 Å². The van der Waals surface area contributed by atoms with Gasteiger partial charge in [-0.15, -0.1) is 0 Å². The fourth-order valence-electron chi connectivity index (χ4n) is 2.56. The van der Waals surface area contributed by atoms with Crippen LogP contribution in [0.5, 0.6) is 0 Å². The number of aliphatic carboxylic acids is 1. The van der Waals surface area contributed by atoms with E-state index in [-0.39, 0.29) is 5.92 Å². The Hall–Kier alpha value is -2.37. The van der Waals surface area contributed by atoms with Gasteiger partial charge in [-0.1, -0.05) is 0 Å². The number of carboxylic acid groups (broad SMARTS) is 1. The van der Waals surface area contributed by atoms with Crippen molar-refractivity contribution in [3.63, 3.8) is 0 Å². The number of aromatic nitrogens is 2. The number of hydrogen-bond donors (Lipinski definition) is 2. The molecule has 1 aromatic heterocycles. The third-order valence-electron chi connectivity index (χ3n) is 3.65. The summed E-state index contributed by atoms with van der Waals surface area (Å²) in [5.74, 6) is -0.336. The number of nitrogen functional groups attached to an aromatic ring is 1. The minimum absolute atomic E-state index is 0.326. The van der Waals surface area contributed by atoms with Crippen LogP contribution in [0.15, 0.2) is 24.4 Å². The first-order valence-corrected chi connectivity index (χ1v) is 6.63. The van der Waals surface area contributed by atoms with Crippen molar-refractivity contribution in [1.29, 1.82) is 0 Å². The second-order valence-electron chi connectivity index (χ2n) is 5.10. The van der Waals surface area contributed by atoms with Crippen LogP contribution in [-0.4, -0.2) is 34.1 Å². The maximum atomic E-state index is 11.1. The lowest BCUT2D eigenvalue weighted by Gasteiger charge is -2.31. The Balaban J connectivity index is 1.90. The third-order valence-corrected chi connectivity index (χ3v) is 3.65. The minimum atomic E-state index is -0.740. The number of rotatable bonds is 2. The zero-order valence-corrected chi connectivity index (χ0v) is 11.0. The quantitative estimate of drug-likeness (QED) is 0.805. The van der Waals surface area contributed by atoms with E-state index >= 15 is 0 Å². The van der Waals surface area contributed by atoms with Crippen LogP contribution >= 0.6 is 0 Å². The van der Waals surface area contributed by atoms with Crippen LogP contribution in [0.4, 0.5) is 11.5 Å². The zero-order valence-electron chi connectivity index (χ0n) is 11.0. The molecule has 1 aliphatic heterocycles. The number of benzene rings is 1. The van der Waals surface area contributed by atoms with Crippen LogP contribution < -0.4 is 10.6 Å². The van der Waals surface area contributed by atoms with Crippen LogP contribution in [-0.2, 0) is 4.79 Å². The van der Waals surface area contributed by atoms with E-state index in [1.807, 2.05) is 11.0 Å². The van der Waals surface area contributed by atoms with Gasteiger partial charge in [-0.25, -0.2) is 4.98 Å². The van der Waals surface area contributed by atoms with Gasteiger partial charge in [0.15, 0.2) is 0 Å². The number of hydrogen-bond acceptors (Lipinski definition) is 5. The number of nitrogens with zero attached hydrogens (tertiary/aromatic N) is 3. The number of piperidine rings is 1. The van der Waals surface area contributed by atoms with Gasteiger partial charge >= 0.3 is 5.97 Å². The molecule has 3 rings (SSSR count). The summed E-state index contributed by atoms with van der Waals surface area (Å²) in [7, 11) is 0. The first-order valence-electron chi connectivity index (χ1n) is 6.63. The summed E-state index contributed by atoms with van der Waals surface area (Å²) >= 11 is 0. The SMILES string of the molecule is Nc1ccc2nc(N3CCC[C@@H](C(=O)O)C3)cnc2c1. The van der Waals surface area contributed by atoms with E-state index in [1.165, 1.54) is 0 Å². The molecular weight excluding hydrogens is 256 g/mol. The molecule has 0 unspecified atom stereocenters. The molecule has 20 heavy (non-hydrogen) atoms. The Kier molecular flexibility index (Phi) is 3.14. The molecule has 0 saturated carbocycles. The van der Waals surface area contributed by atoms with Gasteiger partial charge in [-0.2, -0.15) is 0 Å². The Morgan fingerprint density at radius 2 is 2.25 bits per heavy atom. The van der Waals surface area contributed by atoms with Gasteiger partial charge < -0.3 is 15.7 Å². The lowest BCUT2D eigenvalue weighted by molar-refractivity contribution is -0.141. The summed E-state index contributed by atoms with van der Waals surface area (Å²) in [6, 6.07) is 5.40. The Bertz CT molecular complexity index is 659. The van der Waals surface area contributed by atoms with Crippen LogP contribution in [0.2, 0.25) is 0 Å².